The van der Waals surface area contributed by atoms with Gasteiger partial charge in [-0.05, 0) is 30.1 Å². The molecule has 1 saturated heterocycles. The summed E-state index contributed by atoms with van der Waals surface area (Å²) in [5.74, 6) is 1.69. The average Bonchev–Trinajstić information content (AvgIpc) is 2.42. The topological polar surface area (TPSA) is 9.23 Å². The van der Waals surface area contributed by atoms with Gasteiger partial charge in [-0.3, -0.25) is 0 Å². The standard InChI is InChI=1S/C9H16O/c1-7(2)8-5-10-6-9(8)3-4-9/h7-8H,3-6H2,1-2H3. The first kappa shape index (κ1) is 6.66. The van der Waals surface area contributed by atoms with E-state index in [1.807, 2.05) is 0 Å². The molecule has 58 valence electrons. The van der Waals surface area contributed by atoms with Crippen LogP contribution in [-0.4, -0.2) is 13.2 Å². The van der Waals surface area contributed by atoms with Gasteiger partial charge in [-0.1, -0.05) is 13.8 Å². The van der Waals surface area contributed by atoms with E-state index >= 15 is 0 Å². The SMILES string of the molecule is CC(C)C1COCC12CC2. The number of hydrogen-bond acceptors (Lipinski definition) is 1. The van der Waals surface area contributed by atoms with E-state index in [2.05, 4.69) is 13.8 Å². The highest BCUT2D eigenvalue weighted by molar-refractivity contribution is 5.02. The summed E-state index contributed by atoms with van der Waals surface area (Å²) >= 11 is 0. The van der Waals surface area contributed by atoms with Crippen LogP contribution in [0, 0.1) is 17.3 Å². The van der Waals surface area contributed by atoms with Crippen molar-refractivity contribution in [3.63, 3.8) is 0 Å². The van der Waals surface area contributed by atoms with Gasteiger partial charge in [-0.25, -0.2) is 0 Å². The van der Waals surface area contributed by atoms with Crippen LogP contribution in [0.3, 0.4) is 0 Å². The molecule has 1 spiro atoms. The Morgan fingerprint density at radius 1 is 1.40 bits per heavy atom. The average molecular weight is 140 g/mol. The van der Waals surface area contributed by atoms with Crippen molar-refractivity contribution in [2.75, 3.05) is 13.2 Å². The Kier molecular flexibility index (Phi) is 1.31. The Morgan fingerprint density at radius 3 is 2.50 bits per heavy atom. The summed E-state index contributed by atoms with van der Waals surface area (Å²) in [4.78, 5) is 0. The third-order valence-corrected chi connectivity index (χ3v) is 3.17. The molecule has 0 aromatic carbocycles. The third kappa shape index (κ3) is 0.800. The minimum absolute atomic E-state index is 0.661. The molecule has 0 aromatic heterocycles. The first-order valence-corrected chi connectivity index (χ1v) is 4.32. The Bertz CT molecular complexity index is 136. The van der Waals surface area contributed by atoms with E-state index in [0.29, 0.717) is 5.41 Å². The molecular weight excluding hydrogens is 124 g/mol. The quantitative estimate of drug-likeness (QED) is 0.541. The molecule has 0 N–H and O–H groups in total. The predicted molar refractivity (Wildman–Crippen MR) is 40.8 cm³/mol. The second kappa shape index (κ2) is 1.97. The first-order chi connectivity index (χ1) is 4.75. The van der Waals surface area contributed by atoms with Crippen molar-refractivity contribution in [1.82, 2.24) is 0 Å². The second-order valence-electron chi connectivity index (χ2n) is 4.23. The zero-order valence-corrected chi connectivity index (χ0v) is 6.89. The fraction of sp³-hybridized carbons (Fsp3) is 1.00. The fourth-order valence-electron chi connectivity index (χ4n) is 2.25. The molecule has 0 amide bonds. The lowest BCUT2D eigenvalue weighted by molar-refractivity contribution is 0.174. The van der Waals surface area contributed by atoms with Gasteiger partial charge < -0.3 is 4.74 Å². The maximum absolute atomic E-state index is 5.50. The summed E-state index contributed by atoms with van der Waals surface area (Å²) in [6, 6.07) is 0. The lowest BCUT2D eigenvalue weighted by Gasteiger charge is -2.19. The van der Waals surface area contributed by atoms with Crippen LogP contribution in [0.1, 0.15) is 26.7 Å². The van der Waals surface area contributed by atoms with Crippen molar-refractivity contribution in [2.45, 2.75) is 26.7 Å². The summed E-state index contributed by atoms with van der Waals surface area (Å²) in [5.41, 5.74) is 0.661. The molecule has 2 aliphatic rings. The van der Waals surface area contributed by atoms with Gasteiger partial charge in [0.2, 0.25) is 0 Å². The van der Waals surface area contributed by atoms with E-state index in [9.17, 15) is 0 Å². The van der Waals surface area contributed by atoms with E-state index in [4.69, 9.17) is 4.74 Å². The van der Waals surface area contributed by atoms with Crippen molar-refractivity contribution >= 4 is 0 Å². The van der Waals surface area contributed by atoms with Crippen LogP contribution >= 0.6 is 0 Å². The fourth-order valence-corrected chi connectivity index (χ4v) is 2.25. The lowest BCUT2D eigenvalue weighted by Crippen LogP contribution is -2.18. The predicted octanol–water partition coefficient (Wildman–Crippen LogP) is 2.07. The van der Waals surface area contributed by atoms with Crippen molar-refractivity contribution in [3.8, 4) is 0 Å². The molecule has 0 bridgehead atoms. The summed E-state index contributed by atoms with van der Waals surface area (Å²) in [6.07, 6.45) is 2.85. The monoisotopic (exact) mass is 140 g/mol. The van der Waals surface area contributed by atoms with Gasteiger partial charge in [-0.2, -0.15) is 0 Å². The van der Waals surface area contributed by atoms with Gasteiger partial charge >= 0.3 is 0 Å². The maximum Gasteiger partial charge on any atom is 0.0526 e. The van der Waals surface area contributed by atoms with Gasteiger partial charge in [0.1, 0.15) is 0 Å². The van der Waals surface area contributed by atoms with Crippen LogP contribution in [0.4, 0.5) is 0 Å². The molecule has 0 radical (unpaired) electrons. The van der Waals surface area contributed by atoms with Crippen LogP contribution in [0.5, 0.6) is 0 Å². The second-order valence-corrected chi connectivity index (χ2v) is 4.23. The summed E-state index contributed by atoms with van der Waals surface area (Å²) in [7, 11) is 0. The zero-order chi connectivity index (χ0) is 7.19. The molecule has 2 fully saturated rings. The smallest absolute Gasteiger partial charge is 0.0526 e. The molecule has 1 heteroatoms. The number of hydrogen-bond donors (Lipinski definition) is 0. The molecule has 1 aliphatic heterocycles. The number of rotatable bonds is 1. The van der Waals surface area contributed by atoms with Gasteiger partial charge in [0, 0.05) is 0 Å². The Balaban J connectivity index is 2.07. The van der Waals surface area contributed by atoms with Crippen molar-refractivity contribution in [1.29, 1.82) is 0 Å². The largest absolute Gasteiger partial charge is 0.381 e. The number of ether oxygens (including phenoxy) is 1. The molecule has 1 heterocycles. The van der Waals surface area contributed by atoms with E-state index < -0.39 is 0 Å². The highest BCUT2D eigenvalue weighted by Crippen LogP contribution is 2.57. The first-order valence-electron chi connectivity index (χ1n) is 4.32. The van der Waals surface area contributed by atoms with E-state index in [0.717, 1.165) is 25.0 Å². The van der Waals surface area contributed by atoms with Crippen LogP contribution in [0.15, 0.2) is 0 Å². The molecule has 2 rings (SSSR count). The Labute approximate surface area is 62.8 Å². The van der Waals surface area contributed by atoms with Crippen molar-refractivity contribution < 1.29 is 4.74 Å². The lowest BCUT2D eigenvalue weighted by atomic mass is 9.84. The highest BCUT2D eigenvalue weighted by Gasteiger charge is 2.53. The Hall–Kier alpha value is -0.0400. The van der Waals surface area contributed by atoms with Crippen molar-refractivity contribution in [2.24, 2.45) is 17.3 Å². The normalized spacial score (nSPS) is 35.7. The summed E-state index contributed by atoms with van der Waals surface area (Å²) < 4.78 is 5.50. The molecule has 1 nitrogen and oxygen atoms in total. The maximum atomic E-state index is 5.50. The summed E-state index contributed by atoms with van der Waals surface area (Å²) in [5, 5.41) is 0. The molecule has 1 saturated carbocycles. The van der Waals surface area contributed by atoms with Crippen molar-refractivity contribution in [3.05, 3.63) is 0 Å². The van der Waals surface area contributed by atoms with Gasteiger partial charge in [-0.15, -0.1) is 0 Å². The minimum atomic E-state index is 0.661. The highest BCUT2D eigenvalue weighted by atomic mass is 16.5. The van der Waals surface area contributed by atoms with E-state index in [-0.39, 0.29) is 0 Å². The summed E-state index contributed by atoms with van der Waals surface area (Å²) in [6.45, 7) is 6.71. The molecule has 1 atom stereocenters. The van der Waals surface area contributed by atoms with E-state index in [1.165, 1.54) is 12.8 Å². The molecule has 10 heavy (non-hydrogen) atoms. The molecule has 1 unspecified atom stereocenters. The molecular formula is C9H16O. The van der Waals surface area contributed by atoms with Crippen LogP contribution < -0.4 is 0 Å². The van der Waals surface area contributed by atoms with Crippen LogP contribution in [-0.2, 0) is 4.74 Å². The van der Waals surface area contributed by atoms with Gasteiger partial charge in [0.15, 0.2) is 0 Å². The Morgan fingerprint density at radius 2 is 2.10 bits per heavy atom. The van der Waals surface area contributed by atoms with Crippen LogP contribution in [0.25, 0.3) is 0 Å². The minimum Gasteiger partial charge on any atom is -0.381 e. The zero-order valence-electron chi connectivity index (χ0n) is 6.89. The molecule has 1 aliphatic carbocycles. The van der Waals surface area contributed by atoms with E-state index in [1.54, 1.807) is 0 Å². The van der Waals surface area contributed by atoms with Gasteiger partial charge in [0.25, 0.3) is 0 Å². The van der Waals surface area contributed by atoms with Gasteiger partial charge in [0.05, 0.1) is 13.2 Å². The molecule has 0 aromatic rings. The van der Waals surface area contributed by atoms with Crippen LogP contribution in [0.2, 0.25) is 0 Å². The third-order valence-electron chi connectivity index (χ3n) is 3.17.